The van der Waals surface area contributed by atoms with E-state index in [0.717, 1.165) is 5.56 Å². The van der Waals surface area contributed by atoms with E-state index in [4.69, 9.17) is 16.3 Å². The fraction of sp³-hybridized carbons (Fsp3) is 0.125. The van der Waals surface area contributed by atoms with Crippen LogP contribution in [0.15, 0.2) is 66.7 Å². The number of amides is 1. The van der Waals surface area contributed by atoms with Crippen LogP contribution in [0.3, 0.4) is 0 Å². The standard InChI is InChI=1S/C24H21ClN2O4/c1-15-7-3-4-8-18(15)24(30)17-11-12-20(19(25)13-17)26-21-9-5-6-10-22(21)27-23(29)14-31-16(2)28/h3-13,26H,14H2,1-2H3,(H,27,29). The molecule has 0 aliphatic rings. The third-order valence-electron chi connectivity index (χ3n) is 4.50. The molecular weight excluding hydrogens is 416 g/mol. The van der Waals surface area contributed by atoms with Crippen molar-refractivity contribution in [3.05, 3.63) is 88.4 Å². The van der Waals surface area contributed by atoms with Crippen molar-refractivity contribution in [2.75, 3.05) is 17.2 Å². The van der Waals surface area contributed by atoms with Crippen molar-refractivity contribution in [2.24, 2.45) is 0 Å². The molecule has 0 spiro atoms. The first kappa shape index (κ1) is 22.1. The van der Waals surface area contributed by atoms with Crippen LogP contribution >= 0.6 is 11.6 Å². The Balaban J connectivity index is 1.78. The highest BCUT2D eigenvalue weighted by Gasteiger charge is 2.14. The predicted molar refractivity (Wildman–Crippen MR) is 121 cm³/mol. The van der Waals surface area contributed by atoms with Crippen LogP contribution in [0, 0.1) is 6.92 Å². The molecule has 0 heterocycles. The Bertz CT molecular complexity index is 1140. The third-order valence-corrected chi connectivity index (χ3v) is 4.81. The van der Waals surface area contributed by atoms with Gasteiger partial charge in [-0.2, -0.15) is 0 Å². The second-order valence-electron chi connectivity index (χ2n) is 6.84. The Morgan fingerprint density at radius 3 is 2.26 bits per heavy atom. The van der Waals surface area contributed by atoms with Gasteiger partial charge < -0.3 is 15.4 Å². The van der Waals surface area contributed by atoms with Crippen molar-refractivity contribution >= 4 is 46.3 Å². The first-order valence-electron chi connectivity index (χ1n) is 9.54. The summed E-state index contributed by atoms with van der Waals surface area (Å²) in [5, 5.41) is 6.21. The van der Waals surface area contributed by atoms with Gasteiger partial charge in [0.15, 0.2) is 12.4 Å². The van der Waals surface area contributed by atoms with Gasteiger partial charge in [0.25, 0.3) is 5.91 Å². The van der Waals surface area contributed by atoms with Gasteiger partial charge in [0.1, 0.15) is 0 Å². The van der Waals surface area contributed by atoms with Crippen LogP contribution in [-0.4, -0.2) is 24.3 Å². The van der Waals surface area contributed by atoms with Crippen molar-refractivity contribution < 1.29 is 19.1 Å². The minimum absolute atomic E-state index is 0.107. The molecule has 158 valence electrons. The summed E-state index contributed by atoms with van der Waals surface area (Å²) in [7, 11) is 0. The number of carbonyl (C=O) groups excluding carboxylic acids is 3. The zero-order valence-corrected chi connectivity index (χ0v) is 17.8. The van der Waals surface area contributed by atoms with Gasteiger partial charge >= 0.3 is 5.97 Å². The number of halogens is 1. The molecule has 0 atom stereocenters. The number of ether oxygens (including phenoxy) is 1. The molecule has 0 radical (unpaired) electrons. The third kappa shape index (κ3) is 5.71. The molecule has 3 rings (SSSR count). The van der Waals surface area contributed by atoms with Gasteiger partial charge in [0.2, 0.25) is 0 Å². The van der Waals surface area contributed by atoms with E-state index in [1.165, 1.54) is 6.92 Å². The Labute approximate surface area is 185 Å². The Kier molecular flexibility index (Phi) is 7.05. The van der Waals surface area contributed by atoms with Crippen molar-refractivity contribution in [3.8, 4) is 0 Å². The number of hydrogen-bond acceptors (Lipinski definition) is 5. The number of anilines is 3. The first-order valence-corrected chi connectivity index (χ1v) is 9.92. The summed E-state index contributed by atoms with van der Waals surface area (Å²) in [5.74, 6) is -1.10. The van der Waals surface area contributed by atoms with Crippen molar-refractivity contribution in [2.45, 2.75) is 13.8 Å². The van der Waals surface area contributed by atoms with Gasteiger partial charge in [-0.15, -0.1) is 0 Å². The number of esters is 1. The maximum absolute atomic E-state index is 12.8. The molecule has 0 fully saturated rings. The van der Waals surface area contributed by atoms with Crippen LogP contribution in [-0.2, 0) is 14.3 Å². The summed E-state index contributed by atoms with van der Waals surface area (Å²) >= 11 is 6.43. The van der Waals surface area contributed by atoms with Crippen molar-refractivity contribution in [1.29, 1.82) is 0 Å². The molecule has 31 heavy (non-hydrogen) atoms. The smallest absolute Gasteiger partial charge is 0.303 e. The lowest BCUT2D eigenvalue weighted by atomic mass is 9.99. The molecule has 2 N–H and O–H groups in total. The highest BCUT2D eigenvalue weighted by Crippen LogP contribution is 2.31. The lowest BCUT2D eigenvalue weighted by Crippen LogP contribution is -2.20. The predicted octanol–water partition coefficient (Wildman–Crippen LogP) is 5.12. The fourth-order valence-electron chi connectivity index (χ4n) is 2.94. The summed E-state index contributed by atoms with van der Waals surface area (Å²) in [6, 6.07) is 19.4. The largest absolute Gasteiger partial charge is 0.456 e. The van der Waals surface area contributed by atoms with Gasteiger partial charge in [-0.1, -0.05) is 48.0 Å². The zero-order chi connectivity index (χ0) is 22.4. The fourth-order valence-corrected chi connectivity index (χ4v) is 3.17. The van der Waals surface area contributed by atoms with E-state index < -0.39 is 11.9 Å². The molecule has 0 aromatic heterocycles. The number of rotatable bonds is 7. The van der Waals surface area contributed by atoms with E-state index in [1.807, 2.05) is 25.1 Å². The quantitative estimate of drug-likeness (QED) is 0.396. The van der Waals surface area contributed by atoms with E-state index >= 15 is 0 Å². The minimum atomic E-state index is -0.534. The molecule has 0 unspecified atom stereocenters. The normalized spacial score (nSPS) is 10.3. The molecule has 0 bridgehead atoms. The molecular formula is C24H21ClN2O4. The first-order chi connectivity index (χ1) is 14.8. The SMILES string of the molecule is CC(=O)OCC(=O)Nc1ccccc1Nc1ccc(C(=O)c2ccccc2C)cc1Cl. The molecule has 3 aromatic rings. The molecule has 6 nitrogen and oxygen atoms in total. The summed E-state index contributed by atoms with van der Waals surface area (Å²) in [6.07, 6.45) is 0. The lowest BCUT2D eigenvalue weighted by Gasteiger charge is -2.15. The van der Waals surface area contributed by atoms with Crippen LogP contribution in [0.2, 0.25) is 5.02 Å². The van der Waals surface area contributed by atoms with Crippen LogP contribution in [0.4, 0.5) is 17.1 Å². The molecule has 0 aliphatic carbocycles. The minimum Gasteiger partial charge on any atom is -0.456 e. The van der Waals surface area contributed by atoms with Crippen molar-refractivity contribution in [1.82, 2.24) is 0 Å². The topological polar surface area (TPSA) is 84.5 Å². The monoisotopic (exact) mass is 436 g/mol. The van der Waals surface area contributed by atoms with Crippen LogP contribution in [0.5, 0.6) is 0 Å². The summed E-state index contributed by atoms with van der Waals surface area (Å²) in [4.78, 5) is 35.7. The van der Waals surface area contributed by atoms with Crippen LogP contribution in [0.25, 0.3) is 0 Å². The molecule has 0 saturated heterocycles. The number of para-hydroxylation sites is 2. The van der Waals surface area contributed by atoms with Crippen molar-refractivity contribution in [3.63, 3.8) is 0 Å². The second kappa shape index (κ2) is 9.91. The van der Waals surface area contributed by atoms with E-state index in [9.17, 15) is 14.4 Å². The van der Waals surface area contributed by atoms with E-state index in [1.54, 1.807) is 48.5 Å². The number of aryl methyl sites for hydroxylation is 1. The maximum Gasteiger partial charge on any atom is 0.303 e. The Morgan fingerprint density at radius 1 is 0.903 bits per heavy atom. The zero-order valence-electron chi connectivity index (χ0n) is 17.1. The lowest BCUT2D eigenvalue weighted by molar-refractivity contribution is -0.144. The van der Waals surface area contributed by atoms with E-state index in [2.05, 4.69) is 10.6 Å². The molecule has 1 amide bonds. The van der Waals surface area contributed by atoms with E-state index in [0.29, 0.717) is 33.2 Å². The van der Waals surface area contributed by atoms with Crippen LogP contribution < -0.4 is 10.6 Å². The average Bonchev–Trinajstić information content (AvgIpc) is 2.75. The molecule has 0 aliphatic heterocycles. The van der Waals surface area contributed by atoms with E-state index in [-0.39, 0.29) is 12.4 Å². The number of nitrogens with one attached hydrogen (secondary N) is 2. The van der Waals surface area contributed by atoms with Gasteiger partial charge in [-0.05, 0) is 42.8 Å². The van der Waals surface area contributed by atoms with Gasteiger partial charge in [0.05, 0.1) is 22.1 Å². The van der Waals surface area contributed by atoms with Gasteiger partial charge in [-0.3, -0.25) is 14.4 Å². The summed E-state index contributed by atoms with van der Waals surface area (Å²) in [6.45, 7) is 2.75. The number of ketones is 1. The Hall–Kier alpha value is -3.64. The van der Waals surface area contributed by atoms with Gasteiger partial charge in [-0.25, -0.2) is 0 Å². The summed E-state index contributed by atoms with van der Waals surface area (Å²) < 4.78 is 4.71. The number of hydrogen-bond donors (Lipinski definition) is 2. The highest BCUT2D eigenvalue weighted by atomic mass is 35.5. The molecule has 0 saturated carbocycles. The maximum atomic E-state index is 12.8. The second-order valence-corrected chi connectivity index (χ2v) is 7.24. The highest BCUT2D eigenvalue weighted by molar-refractivity contribution is 6.34. The van der Waals surface area contributed by atoms with Crippen LogP contribution in [0.1, 0.15) is 28.4 Å². The Morgan fingerprint density at radius 2 is 1.58 bits per heavy atom. The van der Waals surface area contributed by atoms with Gasteiger partial charge in [0, 0.05) is 18.1 Å². The summed E-state index contributed by atoms with van der Waals surface area (Å²) in [5.41, 5.74) is 3.66. The average molecular weight is 437 g/mol. The molecule has 3 aromatic carbocycles. The molecule has 7 heteroatoms. The number of carbonyl (C=O) groups is 3. The number of benzene rings is 3.